The minimum Gasteiger partial charge on any atom is -0.508 e. The van der Waals surface area contributed by atoms with Crippen molar-refractivity contribution >= 4 is 28.9 Å². The smallest absolute Gasteiger partial charge is 0.391 e. The molecule has 1 saturated heterocycles. The van der Waals surface area contributed by atoms with Gasteiger partial charge in [0, 0.05) is 43.4 Å². The van der Waals surface area contributed by atoms with Gasteiger partial charge < -0.3 is 31.1 Å². The molecule has 4 atom stereocenters. The summed E-state index contributed by atoms with van der Waals surface area (Å²) in [5.41, 5.74) is 2.88. The summed E-state index contributed by atoms with van der Waals surface area (Å²) in [5, 5.41) is 45.9. The number of Topliss-reactive ketones (excluding diaryl/α,β-unsaturated/α-hetero) is 2. The number of hydrogen-bond donors (Lipinski definition) is 5. The Balaban J connectivity index is 1.61. The van der Waals surface area contributed by atoms with Crippen LogP contribution in [0.3, 0.4) is 0 Å². The van der Waals surface area contributed by atoms with Crippen molar-refractivity contribution in [1.82, 2.24) is 9.80 Å². The van der Waals surface area contributed by atoms with E-state index in [0.29, 0.717) is 16.8 Å². The number of aromatic hydroxyl groups is 1. The lowest BCUT2D eigenvalue weighted by molar-refractivity contribution is -0.185. The van der Waals surface area contributed by atoms with Crippen molar-refractivity contribution in [1.29, 1.82) is 0 Å². The van der Waals surface area contributed by atoms with Crippen molar-refractivity contribution < 1.29 is 48.0 Å². The Morgan fingerprint density at radius 1 is 1.11 bits per heavy atom. The fraction of sp³-hybridized carbons (Fsp3) is 0.567. The van der Waals surface area contributed by atoms with Gasteiger partial charge in [0.05, 0.1) is 17.5 Å². The first-order valence-corrected chi connectivity index (χ1v) is 14.4. The van der Waals surface area contributed by atoms with Crippen LogP contribution in [-0.4, -0.2) is 107 Å². The third-order valence-electron chi connectivity index (χ3n) is 9.70. The van der Waals surface area contributed by atoms with Crippen LogP contribution < -0.4 is 10.6 Å². The molecule has 240 valence electrons. The molecule has 0 bridgehead atoms. The third kappa shape index (κ3) is 4.74. The van der Waals surface area contributed by atoms with Crippen LogP contribution in [0.15, 0.2) is 23.0 Å². The highest BCUT2D eigenvalue weighted by Crippen LogP contribution is 2.54. The van der Waals surface area contributed by atoms with E-state index in [1.54, 1.807) is 30.0 Å². The molecule has 2 unspecified atom stereocenters. The number of piperidine rings is 1. The molecule has 2 fully saturated rings. The van der Waals surface area contributed by atoms with Crippen LogP contribution in [0.5, 0.6) is 5.75 Å². The summed E-state index contributed by atoms with van der Waals surface area (Å²) in [6.45, 7) is 0.397. The maximum atomic E-state index is 14.1. The lowest BCUT2D eigenvalue weighted by Gasteiger charge is -2.50. The van der Waals surface area contributed by atoms with E-state index in [4.69, 9.17) is 5.73 Å². The van der Waals surface area contributed by atoms with Crippen molar-refractivity contribution in [2.45, 2.75) is 50.0 Å². The maximum Gasteiger partial charge on any atom is 0.391 e. The van der Waals surface area contributed by atoms with Crippen LogP contribution >= 0.6 is 0 Å². The number of ketones is 2. The number of alkyl halides is 3. The molecule has 1 aromatic carbocycles. The number of rotatable bonds is 5. The number of carbonyl (C=O) groups is 3. The molecule has 0 spiro atoms. The van der Waals surface area contributed by atoms with E-state index in [1.807, 2.05) is 0 Å². The molecular weight excluding hydrogens is 585 g/mol. The molecule has 1 heterocycles. The second kappa shape index (κ2) is 10.8. The summed E-state index contributed by atoms with van der Waals surface area (Å²) in [4.78, 5) is 44.5. The standard InChI is InChI=1S/C30H37F3N4O7/c1-35(2)18-11-14(12-37-7-5-15(6-8-37)30(31,32)33)23(38)20-16(18)9-13-10-17-22(36(3)4)25(40)21(28(34)43)27(42)29(17,44)26(41)19(13)24(20)39/h11,13,15,17,22,38-39,42,44H,5-10,12H2,1-4H3,(H2,34,43)/t13?,17?,22-,29-/m0/s1. The molecule has 1 saturated carbocycles. The number of fused-ring (bicyclic) bond motifs is 3. The molecule has 14 heteroatoms. The first kappa shape index (κ1) is 31.8. The van der Waals surface area contributed by atoms with Gasteiger partial charge >= 0.3 is 6.18 Å². The van der Waals surface area contributed by atoms with Crippen LogP contribution in [0.1, 0.15) is 36.0 Å². The van der Waals surface area contributed by atoms with Crippen LogP contribution in [-0.2, 0) is 27.3 Å². The topological polar surface area (TPSA) is 168 Å². The summed E-state index contributed by atoms with van der Waals surface area (Å²) in [6, 6.07) is 0.530. The Labute approximate surface area is 252 Å². The second-order valence-corrected chi connectivity index (χ2v) is 12.7. The van der Waals surface area contributed by atoms with Gasteiger partial charge in [-0.15, -0.1) is 0 Å². The van der Waals surface area contributed by atoms with Crippen molar-refractivity contribution in [3.63, 3.8) is 0 Å². The highest BCUT2D eigenvalue weighted by molar-refractivity contribution is 6.24. The van der Waals surface area contributed by atoms with E-state index in [0.717, 1.165) is 0 Å². The molecule has 11 nitrogen and oxygen atoms in total. The molecule has 0 aromatic heterocycles. The van der Waals surface area contributed by atoms with Crippen molar-refractivity contribution in [2.75, 3.05) is 46.2 Å². The summed E-state index contributed by atoms with van der Waals surface area (Å²) in [7, 11) is 6.57. The number of aliphatic hydroxyl groups is 3. The van der Waals surface area contributed by atoms with E-state index in [-0.39, 0.29) is 62.2 Å². The van der Waals surface area contributed by atoms with Gasteiger partial charge in [0.1, 0.15) is 22.8 Å². The molecule has 1 aliphatic heterocycles. The SMILES string of the molecule is CN(C)c1cc(CN2CCC(C(F)(F)F)CC2)c(O)c2c1CC1CC3[C@H](N(C)C)C(=O)C(C(N)=O)=C(O)[C@@]3(O)C(=O)C1=C2O. The minimum absolute atomic E-state index is 0.0324. The Kier molecular flexibility index (Phi) is 7.78. The molecule has 44 heavy (non-hydrogen) atoms. The third-order valence-corrected chi connectivity index (χ3v) is 9.70. The Morgan fingerprint density at radius 3 is 2.25 bits per heavy atom. The maximum absolute atomic E-state index is 14.1. The van der Waals surface area contributed by atoms with Gasteiger partial charge in [-0.05, 0) is 70.4 Å². The zero-order valence-corrected chi connectivity index (χ0v) is 24.9. The van der Waals surface area contributed by atoms with E-state index in [1.165, 1.54) is 19.0 Å². The largest absolute Gasteiger partial charge is 0.508 e. The predicted molar refractivity (Wildman–Crippen MR) is 153 cm³/mol. The fourth-order valence-electron chi connectivity index (χ4n) is 7.52. The summed E-state index contributed by atoms with van der Waals surface area (Å²) >= 11 is 0. The number of carbonyl (C=O) groups excluding carboxylic acids is 3. The average Bonchev–Trinajstić information content (AvgIpc) is 2.91. The number of phenolic OH excluding ortho intramolecular Hbond substituents is 1. The number of primary amides is 1. The second-order valence-electron chi connectivity index (χ2n) is 12.7. The molecular formula is C30H37F3N4O7. The zero-order valence-electron chi connectivity index (χ0n) is 24.9. The first-order valence-electron chi connectivity index (χ1n) is 14.4. The minimum atomic E-state index is -4.28. The molecule has 1 amide bonds. The Bertz CT molecular complexity index is 1490. The number of anilines is 1. The van der Waals surface area contributed by atoms with Crippen molar-refractivity contribution in [3.8, 4) is 5.75 Å². The number of halogens is 3. The van der Waals surface area contributed by atoms with Gasteiger partial charge in [0.2, 0.25) is 5.78 Å². The lowest BCUT2D eigenvalue weighted by atomic mass is 9.57. The normalized spacial score (nSPS) is 28.2. The van der Waals surface area contributed by atoms with Crippen molar-refractivity contribution in [3.05, 3.63) is 39.7 Å². The molecule has 3 aliphatic carbocycles. The fourth-order valence-corrected chi connectivity index (χ4v) is 7.52. The number of hydrogen-bond acceptors (Lipinski definition) is 10. The highest BCUT2D eigenvalue weighted by atomic mass is 19.4. The average molecular weight is 623 g/mol. The van der Waals surface area contributed by atoms with Gasteiger partial charge in [0.25, 0.3) is 5.91 Å². The van der Waals surface area contributed by atoms with Crippen molar-refractivity contribution in [2.24, 2.45) is 23.5 Å². The Hall–Kier alpha value is -3.62. The van der Waals surface area contributed by atoms with E-state index in [2.05, 4.69) is 0 Å². The van der Waals surface area contributed by atoms with Crippen LogP contribution in [0.2, 0.25) is 0 Å². The van der Waals surface area contributed by atoms with Crippen LogP contribution in [0, 0.1) is 17.8 Å². The molecule has 1 aromatic rings. The number of phenols is 1. The summed E-state index contributed by atoms with van der Waals surface area (Å²) in [5.74, 6) is -8.67. The summed E-state index contributed by atoms with van der Waals surface area (Å²) in [6.07, 6.45) is -4.34. The van der Waals surface area contributed by atoms with E-state index < -0.39 is 70.1 Å². The van der Waals surface area contributed by atoms with Gasteiger partial charge in [-0.25, -0.2) is 0 Å². The number of likely N-dealkylation sites (tertiary alicyclic amines) is 1. The number of amides is 1. The van der Waals surface area contributed by atoms with E-state index >= 15 is 0 Å². The quantitative estimate of drug-likeness (QED) is 0.306. The number of aliphatic hydroxyl groups excluding tert-OH is 2. The lowest BCUT2D eigenvalue weighted by Crippen LogP contribution is -2.65. The summed E-state index contributed by atoms with van der Waals surface area (Å²) < 4.78 is 39.6. The number of benzene rings is 1. The van der Waals surface area contributed by atoms with Gasteiger partial charge in [-0.3, -0.25) is 24.2 Å². The van der Waals surface area contributed by atoms with Crippen LogP contribution in [0.4, 0.5) is 18.9 Å². The molecule has 0 radical (unpaired) electrons. The zero-order chi connectivity index (χ0) is 32.6. The van der Waals surface area contributed by atoms with E-state index in [9.17, 15) is 48.0 Å². The number of nitrogens with zero attached hydrogens (tertiary/aromatic N) is 3. The number of nitrogens with two attached hydrogens (primary N) is 1. The van der Waals surface area contributed by atoms with Gasteiger partial charge in [-0.2, -0.15) is 13.2 Å². The van der Waals surface area contributed by atoms with Gasteiger partial charge in [-0.1, -0.05) is 0 Å². The Morgan fingerprint density at radius 2 is 1.73 bits per heavy atom. The molecule has 6 N–H and O–H groups in total. The monoisotopic (exact) mass is 622 g/mol. The molecule has 5 rings (SSSR count). The highest BCUT2D eigenvalue weighted by Gasteiger charge is 2.64. The molecule has 4 aliphatic rings. The first-order chi connectivity index (χ1) is 20.4. The van der Waals surface area contributed by atoms with Gasteiger partial charge in [0.15, 0.2) is 11.4 Å². The predicted octanol–water partition coefficient (Wildman–Crippen LogP) is 1.80. The van der Waals surface area contributed by atoms with Crippen LogP contribution in [0.25, 0.3) is 5.76 Å². The number of likely N-dealkylation sites (N-methyl/N-ethyl adjacent to an activating group) is 1.